The van der Waals surface area contributed by atoms with Crippen LogP contribution in [0.2, 0.25) is 0 Å². The van der Waals surface area contributed by atoms with Crippen molar-refractivity contribution in [1.82, 2.24) is 9.47 Å². The lowest BCUT2D eigenvalue weighted by molar-refractivity contribution is 0.0785. The van der Waals surface area contributed by atoms with Gasteiger partial charge in [0.2, 0.25) is 0 Å². The first-order valence-corrected chi connectivity index (χ1v) is 6.50. The Labute approximate surface area is 118 Å². The number of carbonyl (C=O) groups is 1. The summed E-state index contributed by atoms with van der Waals surface area (Å²) in [6.45, 7) is 2.24. The molecule has 102 valence electrons. The van der Waals surface area contributed by atoms with Crippen LogP contribution >= 0.6 is 0 Å². The lowest BCUT2D eigenvalue weighted by Crippen LogP contribution is -2.30. The third-order valence-electron chi connectivity index (χ3n) is 3.11. The molecule has 0 spiro atoms. The molecule has 2 aromatic rings. The summed E-state index contributed by atoms with van der Waals surface area (Å²) in [4.78, 5) is 13.9. The minimum Gasteiger partial charge on any atom is -0.340 e. The SMILES string of the molecule is CC(C#N)CN(C)C(=O)c1cccc(-n2cccc2)c1. The zero-order chi connectivity index (χ0) is 14.5. The number of hydrogen-bond acceptors (Lipinski definition) is 2. The molecule has 0 fully saturated rings. The minimum absolute atomic E-state index is 0.0684. The molecule has 1 amide bonds. The van der Waals surface area contributed by atoms with Gasteiger partial charge in [-0.15, -0.1) is 0 Å². The molecular formula is C16H17N3O. The molecule has 0 radical (unpaired) electrons. The average molecular weight is 267 g/mol. The Hall–Kier alpha value is -2.54. The molecular weight excluding hydrogens is 250 g/mol. The first kappa shape index (κ1) is 13.9. The third-order valence-corrected chi connectivity index (χ3v) is 3.11. The fraction of sp³-hybridized carbons (Fsp3) is 0.250. The van der Waals surface area contributed by atoms with Gasteiger partial charge < -0.3 is 9.47 Å². The third kappa shape index (κ3) is 3.07. The molecule has 2 rings (SSSR count). The van der Waals surface area contributed by atoms with E-state index >= 15 is 0 Å². The van der Waals surface area contributed by atoms with Gasteiger partial charge in [-0.05, 0) is 37.3 Å². The Morgan fingerprint density at radius 1 is 1.35 bits per heavy atom. The zero-order valence-electron chi connectivity index (χ0n) is 11.7. The minimum atomic E-state index is -0.170. The van der Waals surface area contributed by atoms with Crippen molar-refractivity contribution < 1.29 is 4.79 Å². The number of aromatic nitrogens is 1. The van der Waals surface area contributed by atoms with Crippen LogP contribution in [0.3, 0.4) is 0 Å². The lowest BCUT2D eigenvalue weighted by Gasteiger charge is -2.18. The van der Waals surface area contributed by atoms with Crippen molar-refractivity contribution in [2.75, 3.05) is 13.6 Å². The van der Waals surface area contributed by atoms with Crippen molar-refractivity contribution in [2.24, 2.45) is 5.92 Å². The number of hydrogen-bond donors (Lipinski definition) is 0. The van der Waals surface area contributed by atoms with E-state index in [2.05, 4.69) is 6.07 Å². The van der Waals surface area contributed by atoms with E-state index in [4.69, 9.17) is 5.26 Å². The van der Waals surface area contributed by atoms with Crippen LogP contribution in [0.4, 0.5) is 0 Å². The molecule has 0 aliphatic rings. The first-order chi connectivity index (χ1) is 9.61. The second kappa shape index (κ2) is 6.07. The van der Waals surface area contributed by atoms with Crippen molar-refractivity contribution in [3.8, 4) is 11.8 Å². The van der Waals surface area contributed by atoms with Crippen LogP contribution < -0.4 is 0 Å². The van der Waals surface area contributed by atoms with Crippen LogP contribution in [0, 0.1) is 17.2 Å². The van der Waals surface area contributed by atoms with Crippen molar-refractivity contribution >= 4 is 5.91 Å². The predicted octanol–water partition coefficient (Wildman–Crippen LogP) is 2.71. The molecule has 0 saturated carbocycles. The van der Waals surface area contributed by atoms with Gasteiger partial charge in [0, 0.05) is 37.2 Å². The Kier molecular flexibility index (Phi) is 4.21. The highest BCUT2D eigenvalue weighted by Crippen LogP contribution is 2.13. The van der Waals surface area contributed by atoms with Crippen LogP contribution in [-0.4, -0.2) is 29.0 Å². The Morgan fingerprint density at radius 3 is 2.70 bits per heavy atom. The van der Waals surface area contributed by atoms with Crippen LogP contribution in [0.25, 0.3) is 5.69 Å². The maximum Gasteiger partial charge on any atom is 0.253 e. The Bertz CT molecular complexity index is 625. The maximum absolute atomic E-state index is 12.3. The van der Waals surface area contributed by atoms with Gasteiger partial charge in [0.25, 0.3) is 5.91 Å². The second-order valence-corrected chi connectivity index (χ2v) is 4.86. The summed E-state index contributed by atoms with van der Waals surface area (Å²) in [6.07, 6.45) is 3.87. The standard InChI is InChI=1S/C16H17N3O/c1-13(11-17)12-18(2)16(20)14-6-5-7-15(10-14)19-8-3-4-9-19/h3-10,13H,12H2,1-2H3. The van der Waals surface area contributed by atoms with Gasteiger partial charge in [-0.2, -0.15) is 5.26 Å². The quantitative estimate of drug-likeness (QED) is 0.855. The van der Waals surface area contributed by atoms with Crippen LogP contribution in [0.1, 0.15) is 17.3 Å². The van der Waals surface area contributed by atoms with Gasteiger partial charge >= 0.3 is 0 Å². The summed E-state index contributed by atoms with van der Waals surface area (Å²) in [5.41, 5.74) is 1.58. The van der Waals surface area contributed by atoms with Crippen LogP contribution in [0.5, 0.6) is 0 Å². The summed E-state index contributed by atoms with van der Waals surface area (Å²) < 4.78 is 1.95. The topological polar surface area (TPSA) is 49.0 Å². The van der Waals surface area contributed by atoms with E-state index in [1.165, 1.54) is 0 Å². The van der Waals surface area contributed by atoms with Gasteiger partial charge in [0.15, 0.2) is 0 Å². The molecule has 0 N–H and O–H groups in total. The van der Waals surface area contributed by atoms with Gasteiger partial charge in [-0.1, -0.05) is 6.07 Å². The lowest BCUT2D eigenvalue weighted by atomic mass is 10.1. The molecule has 0 saturated heterocycles. The van der Waals surface area contributed by atoms with Crippen LogP contribution in [0.15, 0.2) is 48.8 Å². The number of benzene rings is 1. The van der Waals surface area contributed by atoms with E-state index in [0.29, 0.717) is 12.1 Å². The molecule has 1 unspecified atom stereocenters. The molecule has 0 aliphatic heterocycles. The molecule has 0 bridgehead atoms. The van der Waals surface area contributed by atoms with E-state index in [-0.39, 0.29) is 11.8 Å². The van der Waals surface area contributed by atoms with E-state index in [0.717, 1.165) is 5.69 Å². The molecule has 1 aromatic heterocycles. The van der Waals surface area contributed by atoms with Crippen molar-refractivity contribution in [3.63, 3.8) is 0 Å². The molecule has 20 heavy (non-hydrogen) atoms. The molecule has 1 aromatic carbocycles. The fourth-order valence-corrected chi connectivity index (χ4v) is 2.06. The zero-order valence-corrected chi connectivity index (χ0v) is 11.7. The Morgan fingerprint density at radius 2 is 2.05 bits per heavy atom. The first-order valence-electron chi connectivity index (χ1n) is 6.50. The fourth-order valence-electron chi connectivity index (χ4n) is 2.06. The molecule has 1 heterocycles. The summed E-state index contributed by atoms with van der Waals surface area (Å²) in [5, 5.41) is 8.81. The van der Waals surface area contributed by atoms with Gasteiger partial charge in [-0.25, -0.2) is 0 Å². The second-order valence-electron chi connectivity index (χ2n) is 4.86. The number of carbonyl (C=O) groups excluding carboxylic acids is 1. The highest BCUT2D eigenvalue weighted by atomic mass is 16.2. The maximum atomic E-state index is 12.3. The van der Waals surface area contributed by atoms with E-state index in [1.807, 2.05) is 47.3 Å². The Balaban J connectivity index is 2.19. The number of amides is 1. The highest BCUT2D eigenvalue weighted by molar-refractivity contribution is 5.94. The summed E-state index contributed by atoms with van der Waals surface area (Å²) >= 11 is 0. The van der Waals surface area contributed by atoms with Crippen molar-refractivity contribution in [3.05, 3.63) is 54.4 Å². The summed E-state index contributed by atoms with van der Waals surface area (Å²) in [6, 6.07) is 13.5. The van der Waals surface area contributed by atoms with Crippen molar-refractivity contribution in [2.45, 2.75) is 6.92 Å². The predicted molar refractivity (Wildman–Crippen MR) is 77.5 cm³/mol. The highest BCUT2D eigenvalue weighted by Gasteiger charge is 2.14. The molecule has 4 nitrogen and oxygen atoms in total. The molecule has 4 heteroatoms. The van der Waals surface area contributed by atoms with Gasteiger partial charge in [-0.3, -0.25) is 4.79 Å². The average Bonchev–Trinajstić information content (AvgIpc) is 3.00. The van der Waals surface area contributed by atoms with Crippen LogP contribution in [-0.2, 0) is 0 Å². The smallest absolute Gasteiger partial charge is 0.253 e. The van der Waals surface area contributed by atoms with Gasteiger partial charge in [0.1, 0.15) is 0 Å². The monoisotopic (exact) mass is 267 g/mol. The van der Waals surface area contributed by atoms with Crippen molar-refractivity contribution in [1.29, 1.82) is 5.26 Å². The number of nitrogens with zero attached hydrogens (tertiary/aromatic N) is 3. The molecule has 1 atom stereocenters. The van der Waals surface area contributed by atoms with Gasteiger partial charge in [0.05, 0.1) is 12.0 Å². The summed E-state index contributed by atoms with van der Waals surface area (Å²) in [5.74, 6) is -0.238. The van der Waals surface area contributed by atoms with E-state index in [9.17, 15) is 4.79 Å². The van der Waals surface area contributed by atoms with E-state index in [1.54, 1.807) is 24.9 Å². The number of nitriles is 1. The molecule has 0 aliphatic carbocycles. The number of rotatable bonds is 4. The summed E-state index contributed by atoms with van der Waals surface area (Å²) in [7, 11) is 1.72. The largest absolute Gasteiger partial charge is 0.340 e. The van der Waals surface area contributed by atoms with E-state index < -0.39 is 0 Å². The normalized spacial score (nSPS) is 11.7.